The molecule has 0 bridgehead atoms. The van der Waals surface area contributed by atoms with E-state index in [0.717, 1.165) is 23.4 Å². The van der Waals surface area contributed by atoms with Crippen molar-refractivity contribution in [1.82, 2.24) is 0 Å². The van der Waals surface area contributed by atoms with E-state index in [0.29, 0.717) is 0 Å². The molecule has 54 heavy (non-hydrogen) atoms. The van der Waals surface area contributed by atoms with Gasteiger partial charge in [-0.1, -0.05) is 129 Å². The van der Waals surface area contributed by atoms with E-state index in [1.54, 1.807) is 12.2 Å². The third-order valence-corrected chi connectivity index (χ3v) is 9.71. The van der Waals surface area contributed by atoms with Crippen molar-refractivity contribution in [2.45, 2.75) is 158 Å². The number of hydrogen-bond acceptors (Lipinski definition) is 5. The fourth-order valence-corrected chi connectivity index (χ4v) is 6.12. The predicted molar refractivity (Wildman–Crippen MR) is 236 cm³/mol. The zero-order valence-corrected chi connectivity index (χ0v) is 35.4. The lowest BCUT2D eigenvalue weighted by atomic mass is 9.75. The highest BCUT2D eigenvalue weighted by Gasteiger charge is 2.52. The molecular weight excluding hydrogens is 665 g/mol. The molecule has 0 amide bonds. The first-order valence-electron chi connectivity index (χ1n) is 20.3. The van der Waals surface area contributed by atoms with Gasteiger partial charge in [0, 0.05) is 17.8 Å². The molecule has 2 saturated carbocycles. The summed E-state index contributed by atoms with van der Waals surface area (Å²) >= 11 is 0. The molecule has 0 spiro atoms. The summed E-state index contributed by atoms with van der Waals surface area (Å²) in [7, 11) is 1.01. The molecule has 2 atom stereocenters. The summed E-state index contributed by atoms with van der Waals surface area (Å²) in [5.41, 5.74) is 7.80. The maximum atomic E-state index is 11.6. The van der Waals surface area contributed by atoms with Crippen LogP contribution in [0.25, 0.3) is 6.08 Å². The highest BCUT2D eigenvalue weighted by molar-refractivity contribution is 6.62. The van der Waals surface area contributed by atoms with E-state index < -0.39 is 0 Å². The van der Waals surface area contributed by atoms with Crippen molar-refractivity contribution >= 4 is 30.3 Å². The molecule has 0 radical (unpaired) electrons. The number of allylic oxidation sites excluding steroid dienone is 1. The summed E-state index contributed by atoms with van der Waals surface area (Å²) in [6, 6.07) is 24.8. The molecule has 0 aromatic heterocycles. The van der Waals surface area contributed by atoms with Gasteiger partial charge in [0.25, 0.3) is 0 Å². The fraction of sp³-hybridized carbons (Fsp3) is 0.521. The number of esters is 1. The lowest BCUT2D eigenvalue weighted by Gasteiger charge is -2.44. The Labute approximate surface area is 331 Å². The van der Waals surface area contributed by atoms with Gasteiger partial charge >= 0.3 is 13.1 Å². The summed E-state index contributed by atoms with van der Waals surface area (Å²) in [5.74, 6) is 0.376. The Morgan fingerprint density at radius 2 is 1.33 bits per heavy atom. The van der Waals surface area contributed by atoms with E-state index >= 15 is 0 Å². The number of hydrogen-bond donors (Lipinski definition) is 0. The van der Waals surface area contributed by atoms with Gasteiger partial charge in [-0.2, -0.15) is 0 Å². The Morgan fingerprint density at radius 3 is 1.80 bits per heavy atom. The fourth-order valence-electron chi connectivity index (χ4n) is 6.12. The van der Waals surface area contributed by atoms with Crippen LogP contribution >= 0.6 is 0 Å². The Balaban J connectivity index is 0.000000997. The van der Waals surface area contributed by atoms with Crippen molar-refractivity contribution in [3.8, 4) is 0 Å². The Morgan fingerprint density at radius 1 is 0.833 bits per heavy atom. The van der Waals surface area contributed by atoms with Crippen LogP contribution in [0, 0.1) is 0 Å². The Hall–Kier alpha value is -3.61. The molecule has 2 aliphatic heterocycles. The van der Waals surface area contributed by atoms with E-state index in [9.17, 15) is 4.79 Å². The average Bonchev–Trinajstić information content (AvgIpc) is 4.10. The lowest BCUT2D eigenvalue weighted by molar-refractivity contribution is -0.134. The standard InChI is InChI=1S/C35H40BNO4.2C3H6.3C2H6.CH4/c1-23-21-28-22-29(36-40-34(2,3)35(4,5)41-36)16-19-31(28)33(27-10-7-24(8-11-27)9-20-32(38)39-6)37(23)30-17-14-26(15-18-30)25-12-13-25;1-2-3-1;1-3-2;3*1-2;/h7-11,14-20,22-23,25,33H,12-13,21H2,1-6H3;1-3H2;3H,1H2,2H3;3*1-2H3;1H4/b20-9+;;;;;;. The number of fused-ring (bicyclic) bond motifs is 1. The molecule has 4 aliphatic rings. The number of carbonyl (C=O) groups excluding carboxylic acids is 1. The largest absolute Gasteiger partial charge is 0.494 e. The maximum absolute atomic E-state index is 11.6. The Kier molecular flexibility index (Phi) is 20.9. The summed E-state index contributed by atoms with van der Waals surface area (Å²) < 4.78 is 17.5. The van der Waals surface area contributed by atoms with Crippen LogP contribution in [0.15, 0.2) is 85.5 Å². The number of rotatable bonds is 6. The van der Waals surface area contributed by atoms with Gasteiger partial charge in [-0.25, -0.2) is 4.79 Å². The zero-order valence-electron chi connectivity index (χ0n) is 35.4. The van der Waals surface area contributed by atoms with Crippen LogP contribution in [0.5, 0.6) is 0 Å². The molecule has 298 valence electrons. The van der Waals surface area contributed by atoms with E-state index in [2.05, 4.69) is 113 Å². The minimum atomic E-state index is -0.382. The van der Waals surface area contributed by atoms with Gasteiger partial charge < -0.3 is 18.9 Å². The van der Waals surface area contributed by atoms with Gasteiger partial charge in [0.15, 0.2) is 0 Å². The average molecular weight is 740 g/mol. The zero-order chi connectivity index (χ0) is 39.8. The van der Waals surface area contributed by atoms with E-state index in [1.165, 1.54) is 73.2 Å². The van der Waals surface area contributed by atoms with Gasteiger partial charge in [-0.05, 0) is 118 Å². The summed E-state index contributed by atoms with van der Waals surface area (Å²) in [6.45, 7) is 28.0. The first kappa shape index (κ1) is 48.4. The molecule has 0 N–H and O–H groups in total. The van der Waals surface area contributed by atoms with E-state index in [1.807, 2.05) is 48.5 Å². The van der Waals surface area contributed by atoms with Crippen LogP contribution in [0.3, 0.4) is 0 Å². The van der Waals surface area contributed by atoms with Crippen molar-refractivity contribution in [3.05, 3.63) is 113 Å². The number of anilines is 1. The molecule has 2 heterocycles. The molecule has 7 rings (SSSR count). The van der Waals surface area contributed by atoms with Crippen LogP contribution in [-0.4, -0.2) is 37.4 Å². The second kappa shape index (κ2) is 23.3. The van der Waals surface area contributed by atoms with Gasteiger partial charge in [-0.15, -0.1) is 6.58 Å². The molecule has 2 aliphatic carbocycles. The quantitative estimate of drug-likeness (QED) is 0.109. The molecule has 2 unspecified atom stereocenters. The number of ether oxygens (including phenoxy) is 1. The van der Waals surface area contributed by atoms with Gasteiger partial charge in [0.1, 0.15) is 0 Å². The highest BCUT2D eigenvalue weighted by Crippen LogP contribution is 2.44. The number of nitrogens with zero attached hydrogens (tertiary/aromatic N) is 1. The third-order valence-electron chi connectivity index (χ3n) is 9.71. The van der Waals surface area contributed by atoms with Crippen molar-refractivity contribution in [3.63, 3.8) is 0 Å². The van der Waals surface area contributed by atoms with Crippen LogP contribution in [0.1, 0.15) is 162 Å². The minimum Gasteiger partial charge on any atom is -0.466 e. The number of carbonyl (C=O) groups is 1. The summed E-state index contributed by atoms with van der Waals surface area (Å²) in [6.07, 6.45) is 13.0. The predicted octanol–water partition coefficient (Wildman–Crippen LogP) is 12.7. The van der Waals surface area contributed by atoms with Gasteiger partial charge in [-0.3, -0.25) is 0 Å². The molecule has 6 heteroatoms. The van der Waals surface area contributed by atoms with Gasteiger partial charge in [0.05, 0.1) is 24.4 Å². The van der Waals surface area contributed by atoms with E-state index in [4.69, 9.17) is 14.0 Å². The lowest BCUT2D eigenvalue weighted by Crippen LogP contribution is -2.44. The molecule has 3 aromatic rings. The summed E-state index contributed by atoms with van der Waals surface area (Å²) in [5, 5.41) is 0. The van der Waals surface area contributed by atoms with Crippen LogP contribution < -0.4 is 10.4 Å². The second-order valence-electron chi connectivity index (χ2n) is 14.3. The van der Waals surface area contributed by atoms with Crippen molar-refractivity contribution in [1.29, 1.82) is 0 Å². The first-order chi connectivity index (χ1) is 25.5. The summed E-state index contributed by atoms with van der Waals surface area (Å²) in [4.78, 5) is 14.2. The second-order valence-corrected chi connectivity index (χ2v) is 14.3. The van der Waals surface area contributed by atoms with Crippen molar-refractivity contribution < 1.29 is 18.8 Å². The molecular formula is C48H74BNO4. The topological polar surface area (TPSA) is 48.0 Å². The molecule has 3 fully saturated rings. The van der Waals surface area contributed by atoms with Crippen LogP contribution in [-0.2, 0) is 25.3 Å². The smallest absolute Gasteiger partial charge is 0.466 e. The first-order valence-corrected chi connectivity index (χ1v) is 20.3. The number of benzene rings is 3. The SMILES string of the molecule is C.C1CC1.C=CC.CC.CC.CC.COC(=O)/C=C/c1ccc(C2c3ccc(B4OC(C)(C)C(C)(C)O4)cc3CC(C)N2c2ccc(C3CC3)cc2)cc1. The van der Waals surface area contributed by atoms with Crippen molar-refractivity contribution in [2.75, 3.05) is 12.0 Å². The monoisotopic (exact) mass is 740 g/mol. The van der Waals surface area contributed by atoms with E-state index in [-0.39, 0.29) is 43.8 Å². The molecule has 3 aromatic carbocycles. The highest BCUT2D eigenvalue weighted by atomic mass is 16.7. The molecule has 1 saturated heterocycles. The Bertz CT molecular complexity index is 1540. The maximum Gasteiger partial charge on any atom is 0.494 e. The van der Waals surface area contributed by atoms with Crippen LogP contribution in [0.4, 0.5) is 5.69 Å². The third kappa shape index (κ3) is 13.0. The van der Waals surface area contributed by atoms with Crippen molar-refractivity contribution in [2.24, 2.45) is 0 Å². The number of methoxy groups -OCH3 is 1. The van der Waals surface area contributed by atoms with Crippen LogP contribution in [0.2, 0.25) is 0 Å². The molecule has 5 nitrogen and oxygen atoms in total. The minimum absolute atomic E-state index is 0. The van der Waals surface area contributed by atoms with Gasteiger partial charge in [0.2, 0.25) is 0 Å². The normalized spacial score (nSPS) is 19.4.